The second-order valence-electron chi connectivity index (χ2n) is 9.43. The molecule has 4 aromatic carbocycles. The number of hydrogen-bond acceptors (Lipinski definition) is 10. The van der Waals surface area contributed by atoms with Crippen LogP contribution in [0, 0.1) is 0 Å². The summed E-state index contributed by atoms with van der Waals surface area (Å²) < 4.78 is 0. The van der Waals surface area contributed by atoms with Gasteiger partial charge in [-0.15, -0.1) is 43.1 Å². The minimum absolute atomic E-state index is 0. The number of nitrogens with one attached hydrogen (secondary N) is 2. The van der Waals surface area contributed by atoms with Gasteiger partial charge < -0.3 is 0 Å². The smallest absolute Gasteiger partial charge is 0.204 e. The van der Waals surface area contributed by atoms with Gasteiger partial charge >= 0.3 is 0 Å². The number of aromatic amines is 2. The first-order valence-electron chi connectivity index (χ1n) is 13.5. The van der Waals surface area contributed by atoms with Gasteiger partial charge in [0.05, 0.1) is 11.4 Å². The monoisotopic (exact) mass is 626 g/mol. The van der Waals surface area contributed by atoms with Crippen LogP contribution in [0.25, 0.3) is 66.4 Å². The quantitative estimate of drug-likeness (QED) is 0.190. The molecule has 0 bridgehead atoms. The number of aromatic nitrogens is 10. The summed E-state index contributed by atoms with van der Waals surface area (Å²) in [5.41, 5.74) is 8.26. The third-order valence-corrected chi connectivity index (χ3v) is 8.40. The molecular weight excluding hydrogens is 601 g/mol. The van der Waals surface area contributed by atoms with E-state index in [1.165, 1.54) is 0 Å². The Morgan fingerprint density at radius 3 is 1.24 bits per heavy atom. The molecule has 10 nitrogen and oxygen atoms in total. The van der Waals surface area contributed by atoms with Gasteiger partial charge in [0.25, 0.3) is 0 Å². The van der Waals surface area contributed by atoms with E-state index in [9.17, 15) is 0 Å². The molecule has 8 rings (SSSR count). The Balaban J connectivity index is 0.000000155. The summed E-state index contributed by atoms with van der Waals surface area (Å²) in [5.74, 6) is 1.19. The van der Waals surface area contributed by atoms with Gasteiger partial charge in [-0.25, -0.2) is 9.97 Å². The van der Waals surface area contributed by atoms with Crippen LogP contribution >= 0.6 is 22.7 Å². The number of benzene rings is 4. The van der Waals surface area contributed by atoms with Gasteiger partial charge in [-0.3, -0.25) is 0 Å². The van der Waals surface area contributed by atoms with Gasteiger partial charge in [-0.05, 0) is 10.4 Å². The zero-order valence-corrected chi connectivity index (χ0v) is 24.6. The fourth-order valence-corrected chi connectivity index (χ4v) is 6.06. The standard InChI is InChI=1S/2C16H11N5S.CH4/c1-2-4-13(5-3-1)16-17-14(10-22-16)11-6-8-12(9-7-11)15-18-20-21-19-15;1-2-4-11(5-3-1)14-10-22-16(17-14)13-8-6-12(7-9-13)15-18-20-21-19-15;/h2*1-10H,(H,18,19,20,21);1H4. The Morgan fingerprint density at radius 2 is 0.800 bits per heavy atom. The van der Waals surface area contributed by atoms with E-state index in [2.05, 4.69) is 76.3 Å². The van der Waals surface area contributed by atoms with E-state index in [0.717, 1.165) is 54.8 Å². The molecule has 0 spiro atoms. The first-order valence-corrected chi connectivity index (χ1v) is 15.3. The summed E-state index contributed by atoms with van der Waals surface area (Å²) in [7, 11) is 0. The van der Waals surface area contributed by atoms with Crippen LogP contribution in [0.2, 0.25) is 0 Å². The second-order valence-corrected chi connectivity index (χ2v) is 11.1. The van der Waals surface area contributed by atoms with Crippen molar-refractivity contribution in [3.63, 3.8) is 0 Å². The Bertz CT molecular complexity index is 1890. The number of tetrazole rings is 2. The summed E-state index contributed by atoms with van der Waals surface area (Å²) in [6.45, 7) is 0. The molecule has 0 saturated carbocycles. The molecular formula is C33H26N10S2. The second kappa shape index (κ2) is 13.7. The van der Waals surface area contributed by atoms with Gasteiger partial charge in [0, 0.05) is 44.1 Å². The lowest BCUT2D eigenvalue weighted by Crippen LogP contribution is -1.83. The lowest BCUT2D eigenvalue weighted by Gasteiger charge is -1.99. The molecule has 4 aromatic heterocycles. The van der Waals surface area contributed by atoms with E-state index < -0.39 is 0 Å². The average Bonchev–Trinajstić information content (AvgIpc) is 3.94. The largest absolute Gasteiger partial charge is 0.236 e. The van der Waals surface area contributed by atoms with Crippen molar-refractivity contribution in [1.29, 1.82) is 0 Å². The Labute approximate surface area is 266 Å². The molecule has 45 heavy (non-hydrogen) atoms. The van der Waals surface area contributed by atoms with Gasteiger partial charge in [-0.2, -0.15) is 10.4 Å². The van der Waals surface area contributed by atoms with Crippen LogP contribution in [-0.4, -0.2) is 51.2 Å². The number of rotatable bonds is 6. The van der Waals surface area contributed by atoms with Crippen LogP contribution in [-0.2, 0) is 0 Å². The average molecular weight is 627 g/mol. The molecule has 4 heterocycles. The number of hydrogen-bond donors (Lipinski definition) is 2. The summed E-state index contributed by atoms with van der Waals surface area (Å²) in [6, 6.07) is 36.4. The lowest BCUT2D eigenvalue weighted by molar-refractivity contribution is 0.881. The van der Waals surface area contributed by atoms with Gasteiger partial charge in [0.15, 0.2) is 0 Å². The maximum atomic E-state index is 4.71. The molecule has 0 amide bonds. The number of thiazole rings is 2. The first-order chi connectivity index (χ1) is 21.8. The summed E-state index contributed by atoms with van der Waals surface area (Å²) in [4.78, 5) is 9.42. The third-order valence-electron chi connectivity index (χ3n) is 6.62. The van der Waals surface area contributed by atoms with Crippen molar-refractivity contribution in [3.8, 4) is 66.4 Å². The third kappa shape index (κ3) is 6.77. The van der Waals surface area contributed by atoms with Crippen molar-refractivity contribution >= 4 is 22.7 Å². The summed E-state index contributed by atoms with van der Waals surface area (Å²) in [6.07, 6.45) is 0. The molecule has 2 N–H and O–H groups in total. The van der Waals surface area contributed by atoms with Crippen molar-refractivity contribution in [1.82, 2.24) is 51.2 Å². The molecule has 8 aromatic rings. The van der Waals surface area contributed by atoms with E-state index in [1.54, 1.807) is 22.7 Å². The topological polar surface area (TPSA) is 135 Å². The molecule has 0 radical (unpaired) electrons. The Hall–Kier alpha value is -5.72. The highest BCUT2D eigenvalue weighted by molar-refractivity contribution is 7.13. The number of H-pyrrole nitrogens is 2. The first kappa shape index (κ1) is 29.4. The molecule has 0 saturated heterocycles. The van der Waals surface area contributed by atoms with Crippen molar-refractivity contribution < 1.29 is 0 Å². The van der Waals surface area contributed by atoms with Crippen LogP contribution < -0.4 is 0 Å². The van der Waals surface area contributed by atoms with Crippen LogP contribution in [0.15, 0.2) is 120 Å². The molecule has 0 aliphatic rings. The van der Waals surface area contributed by atoms with Gasteiger partial charge in [0.2, 0.25) is 11.6 Å². The minimum Gasteiger partial charge on any atom is -0.236 e. The molecule has 0 atom stereocenters. The minimum atomic E-state index is 0. The zero-order chi connectivity index (χ0) is 29.6. The molecule has 12 heteroatoms. The predicted octanol–water partition coefficient (Wildman–Crippen LogP) is 7.95. The van der Waals surface area contributed by atoms with Gasteiger partial charge in [0.1, 0.15) is 10.0 Å². The summed E-state index contributed by atoms with van der Waals surface area (Å²) in [5, 5.41) is 34.1. The molecule has 220 valence electrons. The van der Waals surface area contributed by atoms with Crippen LogP contribution in [0.4, 0.5) is 0 Å². The van der Waals surface area contributed by atoms with Crippen molar-refractivity contribution in [2.75, 3.05) is 0 Å². The summed E-state index contributed by atoms with van der Waals surface area (Å²) >= 11 is 3.29. The molecule has 0 unspecified atom stereocenters. The van der Waals surface area contributed by atoms with E-state index in [4.69, 9.17) is 9.97 Å². The SMILES string of the molecule is C.c1ccc(-c2csc(-c3ccc(-c4nn[nH]n4)cc3)n2)cc1.c1ccc(-c2nc(-c3ccc(-c4nn[nH]n4)cc3)cs2)cc1. The van der Waals surface area contributed by atoms with Crippen LogP contribution in [0.1, 0.15) is 7.43 Å². The van der Waals surface area contributed by atoms with Crippen LogP contribution in [0.3, 0.4) is 0 Å². The van der Waals surface area contributed by atoms with Crippen molar-refractivity contribution in [2.24, 2.45) is 0 Å². The maximum absolute atomic E-state index is 4.71. The highest BCUT2D eigenvalue weighted by Crippen LogP contribution is 2.31. The maximum Gasteiger partial charge on any atom is 0.204 e. The number of nitrogens with zero attached hydrogens (tertiary/aromatic N) is 8. The zero-order valence-electron chi connectivity index (χ0n) is 22.9. The fourth-order valence-electron chi connectivity index (χ4n) is 4.39. The van der Waals surface area contributed by atoms with E-state index in [0.29, 0.717) is 11.6 Å². The highest BCUT2D eigenvalue weighted by Gasteiger charge is 2.09. The highest BCUT2D eigenvalue weighted by atomic mass is 32.1. The van der Waals surface area contributed by atoms with Crippen LogP contribution in [0.5, 0.6) is 0 Å². The molecule has 0 fully saturated rings. The molecule has 0 aliphatic carbocycles. The van der Waals surface area contributed by atoms with Crippen molar-refractivity contribution in [2.45, 2.75) is 7.43 Å². The fraction of sp³-hybridized carbons (Fsp3) is 0.0303. The van der Waals surface area contributed by atoms with E-state index in [1.807, 2.05) is 84.9 Å². The predicted molar refractivity (Wildman–Crippen MR) is 179 cm³/mol. The van der Waals surface area contributed by atoms with E-state index >= 15 is 0 Å². The normalized spacial score (nSPS) is 10.5. The Kier molecular flexibility index (Phi) is 8.95. The van der Waals surface area contributed by atoms with Gasteiger partial charge in [-0.1, -0.05) is 117 Å². The lowest BCUT2D eigenvalue weighted by atomic mass is 10.1. The van der Waals surface area contributed by atoms with E-state index in [-0.39, 0.29) is 7.43 Å². The Morgan fingerprint density at radius 1 is 0.422 bits per heavy atom. The van der Waals surface area contributed by atoms with Crippen molar-refractivity contribution in [3.05, 3.63) is 120 Å². The molecule has 0 aliphatic heterocycles.